The molecule has 0 N–H and O–H groups in total. The maximum absolute atomic E-state index is 10.9. The van der Waals surface area contributed by atoms with Gasteiger partial charge in [-0.2, -0.15) is 5.26 Å². The van der Waals surface area contributed by atoms with Gasteiger partial charge in [-0.25, -0.2) is 0 Å². The number of nitrogens with zero attached hydrogens (tertiary/aromatic N) is 2. The topological polar surface area (TPSA) is 76.2 Å². The van der Waals surface area contributed by atoms with Crippen LogP contribution in [0.15, 0.2) is 66.9 Å². The Hall–Kier alpha value is -3.13. The maximum atomic E-state index is 10.9. The maximum Gasteiger partial charge on any atom is 0.269 e. The first-order valence-corrected chi connectivity index (χ1v) is 8.10. The second-order valence-corrected chi connectivity index (χ2v) is 6.25. The van der Waals surface area contributed by atoms with Crippen LogP contribution in [0.3, 0.4) is 0 Å². The predicted octanol–water partition coefficient (Wildman–Crippen LogP) is 4.35. The van der Waals surface area contributed by atoms with Crippen molar-refractivity contribution in [2.45, 2.75) is 18.9 Å². The van der Waals surface area contributed by atoms with Crippen molar-refractivity contribution in [1.82, 2.24) is 0 Å². The van der Waals surface area contributed by atoms with Gasteiger partial charge in [-0.05, 0) is 36.3 Å². The first-order chi connectivity index (χ1) is 12.1. The highest BCUT2D eigenvalue weighted by atomic mass is 16.6. The molecule has 5 nitrogen and oxygen atoms in total. The summed E-state index contributed by atoms with van der Waals surface area (Å²) in [5, 5.41) is 20.4. The van der Waals surface area contributed by atoms with Crippen LogP contribution < -0.4 is 0 Å². The number of hydrogen-bond acceptors (Lipinski definition) is 4. The largest absolute Gasteiger partial charge is 0.489 e. The highest BCUT2D eigenvalue weighted by Gasteiger charge is 2.46. The molecule has 0 spiro atoms. The molecule has 0 amide bonds. The van der Waals surface area contributed by atoms with E-state index < -0.39 is 10.5 Å². The van der Waals surface area contributed by atoms with Crippen molar-refractivity contribution < 1.29 is 9.66 Å². The summed E-state index contributed by atoms with van der Waals surface area (Å²) in [4.78, 5) is 10.5. The number of nitro groups is 1. The number of nitro benzene ring substituents is 1. The Balaban J connectivity index is 2.06. The Morgan fingerprint density at radius 1 is 1.24 bits per heavy atom. The lowest BCUT2D eigenvalue weighted by atomic mass is 9.73. The summed E-state index contributed by atoms with van der Waals surface area (Å²) in [7, 11) is 0. The fourth-order valence-electron chi connectivity index (χ4n) is 3.42. The molecule has 0 saturated heterocycles. The predicted molar refractivity (Wildman–Crippen MR) is 93.4 cm³/mol. The summed E-state index contributed by atoms with van der Waals surface area (Å²) < 4.78 is 6.06. The van der Waals surface area contributed by atoms with Gasteiger partial charge in [0.05, 0.1) is 23.2 Å². The molecule has 5 heteroatoms. The van der Waals surface area contributed by atoms with Gasteiger partial charge in [-0.1, -0.05) is 30.3 Å². The highest BCUT2D eigenvalue weighted by Crippen LogP contribution is 2.45. The number of rotatable bonds is 5. The minimum absolute atomic E-state index is 0.0365. The van der Waals surface area contributed by atoms with E-state index in [1.807, 2.05) is 43.3 Å². The van der Waals surface area contributed by atoms with Crippen molar-refractivity contribution in [2.24, 2.45) is 11.8 Å². The SMILES string of the molecule is CC(C#N)C1C=COC1(Cc1ccccc1)c1ccc([N+](=O)[O-])cc1. The molecule has 25 heavy (non-hydrogen) atoms. The fraction of sp³-hybridized carbons (Fsp3) is 0.250. The zero-order valence-corrected chi connectivity index (χ0v) is 13.8. The first-order valence-electron chi connectivity index (χ1n) is 8.10. The number of hydrogen-bond donors (Lipinski definition) is 0. The number of nitriles is 1. The van der Waals surface area contributed by atoms with Crippen molar-refractivity contribution in [3.63, 3.8) is 0 Å². The molecule has 0 fully saturated rings. The average molecular weight is 334 g/mol. The smallest absolute Gasteiger partial charge is 0.269 e. The van der Waals surface area contributed by atoms with Crippen LogP contribution in [0, 0.1) is 33.3 Å². The molecular formula is C20H18N2O3. The molecule has 0 aliphatic carbocycles. The van der Waals surface area contributed by atoms with E-state index in [-0.39, 0.29) is 17.5 Å². The van der Waals surface area contributed by atoms with Gasteiger partial charge >= 0.3 is 0 Å². The molecule has 0 aromatic heterocycles. The Morgan fingerprint density at radius 2 is 1.92 bits per heavy atom. The van der Waals surface area contributed by atoms with E-state index in [2.05, 4.69) is 6.07 Å². The van der Waals surface area contributed by atoms with E-state index in [1.165, 1.54) is 12.1 Å². The Kier molecular flexibility index (Phi) is 4.53. The molecule has 0 bridgehead atoms. The third-order valence-electron chi connectivity index (χ3n) is 4.72. The molecule has 2 aromatic carbocycles. The molecule has 0 saturated carbocycles. The lowest BCUT2D eigenvalue weighted by molar-refractivity contribution is -0.384. The zero-order chi connectivity index (χ0) is 17.9. The minimum atomic E-state index is -0.744. The van der Waals surface area contributed by atoms with Gasteiger partial charge in [0.15, 0.2) is 0 Å². The van der Waals surface area contributed by atoms with Gasteiger partial charge in [-0.15, -0.1) is 0 Å². The summed E-state index contributed by atoms with van der Waals surface area (Å²) >= 11 is 0. The van der Waals surface area contributed by atoms with E-state index in [9.17, 15) is 15.4 Å². The van der Waals surface area contributed by atoms with E-state index >= 15 is 0 Å². The monoisotopic (exact) mass is 334 g/mol. The van der Waals surface area contributed by atoms with Gasteiger partial charge < -0.3 is 4.74 Å². The summed E-state index contributed by atoms with van der Waals surface area (Å²) in [6, 6.07) is 18.6. The molecule has 3 atom stereocenters. The highest BCUT2D eigenvalue weighted by molar-refractivity contribution is 5.39. The second-order valence-electron chi connectivity index (χ2n) is 6.25. The van der Waals surface area contributed by atoms with Gasteiger partial charge in [0.2, 0.25) is 0 Å². The molecule has 1 aliphatic rings. The molecule has 3 rings (SSSR count). The van der Waals surface area contributed by atoms with E-state index in [1.54, 1.807) is 18.4 Å². The lowest BCUT2D eigenvalue weighted by Crippen LogP contribution is -2.38. The van der Waals surface area contributed by atoms with Crippen LogP contribution in [0.1, 0.15) is 18.1 Å². The van der Waals surface area contributed by atoms with Crippen molar-refractivity contribution in [2.75, 3.05) is 0 Å². The minimum Gasteiger partial charge on any atom is -0.489 e. The Bertz CT molecular complexity index is 824. The first kappa shape index (κ1) is 16.7. The summed E-state index contributed by atoms with van der Waals surface area (Å²) in [5.74, 6) is -0.392. The van der Waals surface area contributed by atoms with Crippen LogP contribution in [0.2, 0.25) is 0 Å². The molecule has 126 valence electrons. The summed E-state index contributed by atoms with van der Waals surface area (Å²) in [6.45, 7) is 1.87. The summed E-state index contributed by atoms with van der Waals surface area (Å²) in [6.07, 6.45) is 4.14. The lowest BCUT2D eigenvalue weighted by Gasteiger charge is -2.36. The molecular weight excluding hydrogens is 316 g/mol. The van der Waals surface area contributed by atoms with Crippen molar-refractivity contribution in [1.29, 1.82) is 5.26 Å². The van der Waals surface area contributed by atoms with E-state index in [4.69, 9.17) is 4.74 Å². The molecule has 3 unspecified atom stereocenters. The van der Waals surface area contributed by atoms with E-state index in [0.717, 1.165) is 11.1 Å². The van der Waals surface area contributed by atoms with Crippen LogP contribution in [0.25, 0.3) is 0 Å². The fourth-order valence-corrected chi connectivity index (χ4v) is 3.42. The summed E-state index contributed by atoms with van der Waals surface area (Å²) in [5.41, 5.74) is 1.21. The molecule has 1 aliphatic heterocycles. The molecule has 2 aromatic rings. The third-order valence-corrected chi connectivity index (χ3v) is 4.72. The number of ether oxygens (including phenoxy) is 1. The van der Waals surface area contributed by atoms with Gasteiger partial charge in [-0.3, -0.25) is 10.1 Å². The Morgan fingerprint density at radius 3 is 2.52 bits per heavy atom. The van der Waals surface area contributed by atoms with Gasteiger partial charge in [0.1, 0.15) is 5.60 Å². The van der Waals surface area contributed by atoms with Crippen molar-refractivity contribution in [3.8, 4) is 6.07 Å². The standard InChI is InChI=1S/C20H18N2O3/c1-15(14-21)19-11-12-25-20(19,13-16-5-3-2-4-6-16)17-7-9-18(10-8-17)22(23)24/h2-12,15,19H,13H2,1H3. The molecule has 0 radical (unpaired) electrons. The normalized spacial score (nSPS) is 22.8. The van der Waals surface area contributed by atoms with Crippen LogP contribution in [0.4, 0.5) is 5.69 Å². The van der Waals surface area contributed by atoms with E-state index in [0.29, 0.717) is 6.42 Å². The van der Waals surface area contributed by atoms with Gasteiger partial charge in [0.25, 0.3) is 5.69 Å². The van der Waals surface area contributed by atoms with Crippen molar-refractivity contribution >= 4 is 5.69 Å². The number of benzene rings is 2. The third kappa shape index (κ3) is 3.11. The van der Waals surface area contributed by atoms with Crippen LogP contribution in [-0.4, -0.2) is 4.92 Å². The molecule has 1 heterocycles. The second kappa shape index (κ2) is 6.78. The van der Waals surface area contributed by atoms with Crippen LogP contribution in [0.5, 0.6) is 0 Å². The zero-order valence-electron chi connectivity index (χ0n) is 13.8. The van der Waals surface area contributed by atoms with Gasteiger partial charge in [0, 0.05) is 24.5 Å². The Labute approximate surface area is 146 Å². The number of non-ortho nitro benzene ring substituents is 1. The van der Waals surface area contributed by atoms with Crippen molar-refractivity contribution in [3.05, 3.63) is 88.2 Å². The van der Waals surface area contributed by atoms with Crippen LogP contribution >= 0.6 is 0 Å². The quantitative estimate of drug-likeness (QED) is 0.601. The van der Waals surface area contributed by atoms with Crippen LogP contribution in [-0.2, 0) is 16.8 Å². The average Bonchev–Trinajstić information content (AvgIpc) is 3.06.